The molecule has 4 rings (SSSR count). The minimum atomic E-state index is -0.239. The van der Waals surface area contributed by atoms with Crippen molar-refractivity contribution >= 4 is 23.2 Å². The molecule has 0 aromatic heterocycles. The van der Waals surface area contributed by atoms with Crippen LogP contribution in [0.5, 0.6) is 0 Å². The summed E-state index contributed by atoms with van der Waals surface area (Å²) in [5.41, 5.74) is 1.27. The van der Waals surface area contributed by atoms with E-state index in [1.807, 2.05) is 4.90 Å². The average molecular weight is 317 g/mol. The Kier molecular flexibility index (Phi) is 3.31. The molecule has 0 radical (unpaired) electrons. The lowest BCUT2D eigenvalue weighted by molar-refractivity contribution is 0.0907. The zero-order valence-electron chi connectivity index (χ0n) is 12.2. The Bertz CT molecular complexity index is 686. The number of carbonyl (C=O) groups is 2. The first-order valence-corrected chi connectivity index (χ1v) is 8.12. The number of benzene rings is 1. The smallest absolute Gasteiger partial charge is 0.211 e. The number of fused-ring (bicyclic) bond motifs is 1. The molecular weight excluding hydrogens is 300 g/mol. The van der Waals surface area contributed by atoms with Crippen LogP contribution < -0.4 is 0 Å². The van der Waals surface area contributed by atoms with Crippen molar-refractivity contribution in [1.82, 2.24) is 9.80 Å². The fraction of sp³-hybridized carbons (Fsp3) is 0.412. The maximum absolute atomic E-state index is 12.7. The zero-order chi connectivity index (χ0) is 15.3. The van der Waals surface area contributed by atoms with Crippen LogP contribution in [-0.2, 0) is 0 Å². The number of halogens is 1. The van der Waals surface area contributed by atoms with Crippen LogP contribution in [0.4, 0.5) is 0 Å². The summed E-state index contributed by atoms with van der Waals surface area (Å²) in [6.07, 6.45) is 2.57. The van der Waals surface area contributed by atoms with E-state index in [-0.39, 0.29) is 16.6 Å². The molecule has 5 heteroatoms. The first kappa shape index (κ1) is 14.0. The topological polar surface area (TPSA) is 40.6 Å². The van der Waals surface area contributed by atoms with Gasteiger partial charge >= 0.3 is 0 Å². The van der Waals surface area contributed by atoms with Crippen LogP contribution in [0, 0.1) is 0 Å². The van der Waals surface area contributed by atoms with Gasteiger partial charge < -0.3 is 4.90 Å². The Hall–Kier alpha value is -1.65. The molecular formula is C17H17ClN2O2. The molecule has 1 aliphatic heterocycles. The molecule has 0 amide bonds. The van der Waals surface area contributed by atoms with Crippen molar-refractivity contribution in [2.24, 2.45) is 0 Å². The fourth-order valence-electron chi connectivity index (χ4n) is 3.36. The molecule has 2 fully saturated rings. The van der Waals surface area contributed by atoms with Gasteiger partial charge in [-0.15, -0.1) is 0 Å². The summed E-state index contributed by atoms with van der Waals surface area (Å²) >= 11 is 6.25. The Morgan fingerprint density at radius 2 is 1.50 bits per heavy atom. The molecule has 22 heavy (non-hydrogen) atoms. The number of nitrogens with zero attached hydrogens (tertiary/aromatic N) is 2. The summed E-state index contributed by atoms with van der Waals surface area (Å²) in [6.45, 7) is 3.37. The van der Waals surface area contributed by atoms with E-state index in [0.717, 1.165) is 32.2 Å². The van der Waals surface area contributed by atoms with Crippen molar-refractivity contribution in [2.75, 3.05) is 26.2 Å². The largest absolute Gasteiger partial charge is 0.364 e. The predicted molar refractivity (Wildman–Crippen MR) is 84.2 cm³/mol. The third kappa shape index (κ3) is 2.18. The van der Waals surface area contributed by atoms with Crippen LogP contribution in [0.25, 0.3) is 0 Å². The molecule has 0 atom stereocenters. The summed E-state index contributed by atoms with van der Waals surface area (Å²) in [5.74, 6) is -0.364. The Labute approximate surface area is 134 Å². The number of carbonyl (C=O) groups excluding carboxylic acids is 2. The molecule has 4 nitrogen and oxygen atoms in total. The van der Waals surface area contributed by atoms with Crippen LogP contribution in [0.1, 0.15) is 33.6 Å². The molecule has 0 bridgehead atoms. The van der Waals surface area contributed by atoms with E-state index in [2.05, 4.69) is 4.90 Å². The lowest BCUT2D eigenvalue weighted by Crippen LogP contribution is -2.48. The molecule has 1 saturated carbocycles. The monoisotopic (exact) mass is 316 g/mol. The van der Waals surface area contributed by atoms with Crippen LogP contribution >= 0.6 is 11.6 Å². The van der Waals surface area contributed by atoms with Crippen LogP contribution in [0.15, 0.2) is 35.0 Å². The second-order valence-electron chi connectivity index (χ2n) is 6.12. The van der Waals surface area contributed by atoms with Gasteiger partial charge in [0.15, 0.2) is 0 Å². The normalized spacial score (nSPS) is 23.0. The zero-order valence-corrected chi connectivity index (χ0v) is 13.0. The molecule has 1 aromatic carbocycles. The van der Waals surface area contributed by atoms with E-state index < -0.39 is 0 Å². The molecule has 1 aromatic rings. The predicted octanol–water partition coefficient (Wildman–Crippen LogP) is 2.30. The maximum atomic E-state index is 12.7. The van der Waals surface area contributed by atoms with Gasteiger partial charge in [0.2, 0.25) is 11.6 Å². The summed E-state index contributed by atoms with van der Waals surface area (Å²) in [7, 11) is 0. The Balaban J connectivity index is 1.62. The first-order valence-electron chi connectivity index (χ1n) is 7.74. The summed E-state index contributed by atoms with van der Waals surface area (Å²) in [6, 6.07) is 7.65. The highest BCUT2D eigenvalue weighted by molar-refractivity contribution is 6.49. The minimum absolute atomic E-state index is 0.0728. The molecule has 0 N–H and O–H groups in total. The standard InChI is InChI=1S/C17H17ClN2O2/c18-14-15(20-9-7-19(8-10-20)11-5-6-11)17(22)13-4-2-1-3-12(13)16(14)21/h1-4,11H,5-10H2. The summed E-state index contributed by atoms with van der Waals surface area (Å²) in [5, 5.41) is 0.0728. The van der Waals surface area contributed by atoms with E-state index in [1.54, 1.807) is 24.3 Å². The van der Waals surface area contributed by atoms with Crippen molar-refractivity contribution in [3.05, 3.63) is 46.1 Å². The maximum Gasteiger partial charge on any atom is 0.211 e. The van der Waals surface area contributed by atoms with Gasteiger partial charge in [0, 0.05) is 43.3 Å². The van der Waals surface area contributed by atoms with Gasteiger partial charge in [0.25, 0.3) is 0 Å². The lowest BCUT2D eigenvalue weighted by atomic mass is 9.91. The molecule has 1 saturated heterocycles. The first-order chi connectivity index (χ1) is 10.7. The van der Waals surface area contributed by atoms with Crippen LogP contribution in [0.3, 0.4) is 0 Å². The Morgan fingerprint density at radius 3 is 2.09 bits per heavy atom. The molecule has 3 aliphatic rings. The minimum Gasteiger partial charge on any atom is -0.364 e. The summed E-state index contributed by atoms with van der Waals surface area (Å²) in [4.78, 5) is 29.6. The molecule has 1 heterocycles. The second-order valence-corrected chi connectivity index (χ2v) is 6.50. The highest BCUT2D eigenvalue weighted by Gasteiger charge is 2.37. The molecule has 0 unspecified atom stereocenters. The van der Waals surface area contributed by atoms with Crippen molar-refractivity contribution in [3.8, 4) is 0 Å². The van der Waals surface area contributed by atoms with Gasteiger partial charge in [0.1, 0.15) is 10.7 Å². The van der Waals surface area contributed by atoms with Crippen molar-refractivity contribution < 1.29 is 9.59 Å². The molecule has 2 aliphatic carbocycles. The number of ketones is 2. The molecule has 114 valence electrons. The second kappa shape index (κ2) is 5.21. The number of hydrogen-bond acceptors (Lipinski definition) is 4. The molecule has 0 spiro atoms. The van der Waals surface area contributed by atoms with E-state index in [0.29, 0.717) is 16.8 Å². The van der Waals surface area contributed by atoms with Crippen molar-refractivity contribution in [1.29, 1.82) is 0 Å². The van der Waals surface area contributed by atoms with E-state index in [9.17, 15) is 9.59 Å². The average Bonchev–Trinajstić information content (AvgIpc) is 3.39. The number of piperazine rings is 1. The number of rotatable bonds is 2. The number of hydrogen-bond donors (Lipinski definition) is 0. The third-order valence-corrected chi connectivity index (χ3v) is 5.08. The van der Waals surface area contributed by atoms with Gasteiger partial charge in [-0.25, -0.2) is 0 Å². The van der Waals surface area contributed by atoms with Crippen LogP contribution in [0.2, 0.25) is 0 Å². The number of allylic oxidation sites excluding steroid dienone is 2. The lowest BCUT2D eigenvalue weighted by Gasteiger charge is -2.38. The van der Waals surface area contributed by atoms with E-state index in [4.69, 9.17) is 11.6 Å². The summed E-state index contributed by atoms with van der Waals surface area (Å²) < 4.78 is 0. The third-order valence-electron chi connectivity index (χ3n) is 4.73. The highest BCUT2D eigenvalue weighted by Crippen LogP contribution is 2.32. The van der Waals surface area contributed by atoms with E-state index >= 15 is 0 Å². The number of Topliss-reactive ketones (excluding diaryl/α,β-unsaturated/α-hetero) is 2. The Morgan fingerprint density at radius 1 is 0.909 bits per heavy atom. The van der Waals surface area contributed by atoms with Gasteiger partial charge in [-0.3, -0.25) is 14.5 Å². The van der Waals surface area contributed by atoms with Crippen molar-refractivity contribution in [3.63, 3.8) is 0 Å². The highest BCUT2D eigenvalue weighted by atomic mass is 35.5. The van der Waals surface area contributed by atoms with Gasteiger partial charge in [-0.05, 0) is 12.8 Å². The fourth-order valence-corrected chi connectivity index (χ4v) is 3.67. The van der Waals surface area contributed by atoms with Crippen LogP contribution in [-0.4, -0.2) is 53.6 Å². The van der Waals surface area contributed by atoms with Gasteiger partial charge in [-0.1, -0.05) is 35.9 Å². The van der Waals surface area contributed by atoms with Crippen molar-refractivity contribution in [2.45, 2.75) is 18.9 Å². The van der Waals surface area contributed by atoms with Gasteiger partial charge in [-0.2, -0.15) is 0 Å². The van der Waals surface area contributed by atoms with E-state index in [1.165, 1.54) is 12.8 Å². The quantitative estimate of drug-likeness (QED) is 0.839. The van der Waals surface area contributed by atoms with Gasteiger partial charge in [0.05, 0.1) is 0 Å². The SMILES string of the molecule is O=C1C(Cl)=C(N2CCN(C3CC3)CC2)C(=O)c2ccccc21.